The van der Waals surface area contributed by atoms with E-state index in [1.54, 1.807) is 0 Å². The molecule has 6 saturated heterocycles. The van der Waals surface area contributed by atoms with E-state index in [1.165, 1.54) is 131 Å². The molecule has 0 aromatic rings. The van der Waals surface area contributed by atoms with Gasteiger partial charge in [-0.3, -0.25) is 9.59 Å². The maximum absolute atomic E-state index is 11.8. The SMILES string of the molecule is C=CC(=O)NC1C[N+]2(CCCCCCCCC[N+]34CCC(CC3)C(NC(=O)C=C)C4)CCC1CC2. The first-order valence-electron chi connectivity index (χ1n) is 14.5. The van der Waals surface area contributed by atoms with Crippen molar-refractivity contribution in [2.75, 3.05) is 52.4 Å². The Hall–Kier alpha value is -1.66. The van der Waals surface area contributed by atoms with Crippen molar-refractivity contribution in [2.45, 2.75) is 82.7 Å². The lowest BCUT2D eigenvalue weighted by Crippen LogP contribution is -2.67. The van der Waals surface area contributed by atoms with Gasteiger partial charge in [0, 0.05) is 25.7 Å². The predicted molar refractivity (Wildman–Crippen MR) is 141 cm³/mol. The molecule has 0 radical (unpaired) electrons. The third-order valence-electron chi connectivity index (χ3n) is 9.99. The molecule has 0 aliphatic carbocycles. The van der Waals surface area contributed by atoms with Gasteiger partial charge in [-0.25, -0.2) is 0 Å². The molecule has 35 heavy (non-hydrogen) atoms. The summed E-state index contributed by atoms with van der Waals surface area (Å²) in [6.45, 7) is 17.3. The number of fused-ring (bicyclic) bond motifs is 6. The molecule has 6 heteroatoms. The number of rotatable bonds is 14. The van der Waals surface area contributed by atoms with Crippen molar-refractivity contribution in [3.63, 3.8) is 0 Å². The van der Waals surface area contributed by atoms with Crippen molar-refractivity contribution in [1.29, 1.82) is 0 Å². The van der Waals surface area contributed by atoms with Gasteiger partial charge < -0.3 is 19.6 Å². The number of nitrogens with zero attached hydrogens (tertiary/aromatic N) is 2. The first kappa shape index (κ1) is 26.4. The monoisotopic (exact) mass is 486 g/mol. The first-order chi connectivity index (χ1) is 17.0. The van der Waals surface area contributed by atoms with Crippen molar-refractivity contribution < 1.29 is 18.6 Å². The van der Waals surface area contributed by atoms with E-state index in [2.05, 4.69) is 23.8 Å². The number of piperidine rings is 6. The van der Waals surface area contributed by atoms with Crippen LogP contribution in [-0.2, 0) is 9.59 Å². The van der Waals surface area contributed by atoms with Gasteiger partial charge >= 0.3 is 0 Å². The van der Waals surface area contributed by atoms with Crippen molar-refractivity contribution in [3.05, 3.63) is 25.3 Å². The lowest BCUT2D eigenvalue weighted by Gasteiger charge is -2.52. The summed E-state index contributed by atoms with van der Waals surface area (Å²) in [7, 11) is 0. The minimum Gasteiger partial charge on any atom is -0.344 e. The molecule has 4 bridgehead atoms. The fourth-order valence-corrected chi connectivity index (χ4v) is 7.79. The quantitative estimate of drug-likeness (QED) is 0.224. The fraction of sp³-hybridized carbons (Fsp3) is 0.793. The van der Waals surface area contributed by atoms with Crippen molar-refractivity contribution in [1.82, 2.24) is 10.6 Å². The normalized spacial score (nSPS) is 35.4. The van der Waals surface area contributed by atoms with Crippen LogP contribution in [0.2, 0.25) is 0 Å². The lowest BCUT2D eigenvalue weighted by molar-refractivity contribution is -0.944. The maximum atomic E-state index is 11.8. The molecule has 6 aliphatic rings. The van der Waals surface area contributed by atoms with Gasteiger partial charge in [-0.15, -0.1) is 0 Å². The molecule has 0 saturated carbocycles. The topological polar surface area (TPSA) is 58.2 Å². The molecule has 2 amide bonds. The van der Waals surface area contributed by atoms with Gasteiger partial charge in [0.2, 0.25) is 11.8 Å². The van der Waals surface area contributed by atoms with E-state index in [-0.39, 0.29) is 11.8 Å². The van der Waals surface area contributed by atoms with Crippen LogP contribution in [0.15, 0.2) is 25.3 Å². The van der Waals surface area contributed by atoms with E-state index in [0.29, 0.717) is 23.9 Å². The average Bonchev–Trinajstić information content (AvgIpc) is 2.88. The molecule has 2 atom stereocenters. The van der Waals surface area contributed by atoms with E-state index >= 15 is 0 Å². The van der Waals surface area contributed by atoms with Crippen LogP contribution < -0.4 is 10.6 Å². The second-order valence-corrected chi connectivity index (χ2v) is 12.2. The zero-order valence-corrected chi connectivity index (χ0v) is 22.0. The molecule has 0 aromatic heterocycles. The molecule has 6 aliphatic heterocycles. The van der Waals surface area contributed by atoms with Crippen molar-refractivity contribution in [3.8, 4) is 0 Å². The Balaban J connectivity index is 1.06. The molecule has 6 fully saturated rings. The van der Waals surface area contributed by atoms with Crippen LogP contribution in [0, 0.1) is 11.8 Å². The molecule has 6 heterocycles. The van der Waals surface area contributed by atoms with E-state index < -0.39 is 0 Å². The molecule has 2 unspecified atom stereocenters. The van der Waals surface area contributed by atoms with Gasteiger partial charge in [-0.2, -0.15) is 0 Å². The van der Waals surface area contributed by atoms with Crippen LogP contribution in [0.5, 0.6) is 0 Å². The lowest BCUT2D eigenvalue weighted by atomic mass is 9.81. The van der Waals surface area contributed by atoms with Crippen LogP contribution in [-0.4, -0.2) is 85.2 Å². The zero-order chi connectivity index (χ0) is 24.7. The minimum absolute atomic E-state index is 0.00394. The highest BCUT2D eigenvalue weighted by Crippen LogP contribution is 2.35. The number of carbonyl (C=O) groups is 2. The zero-order valence-electron chi connectivity index (χ0n) is 22.0. The maximum Gasteiger partial charge on any atom is 0.243 e. The summed E-state index contributed by atoms with van der Waals surface area (Å²) >= 11 is 0. The van der Waals surface area contributed by atoms with Gasteiger partial charge in [0.15, 0.2) is 0 Å². The highest BCUT2D eigenvalue weighted by Gasteiger charge is 2.46. The summed E-state index contributed by atoms with van der Waals surface area (Å²) in [6.07, 6.45) is 17.3. The summed E-state index contributed by atoms with van der Waals surface area (Å²) in [5.74, 6) is 1.35. The molecule has 0 aromatic carbocycles. The highest BCUT2D eigenvalue weighted by atomic mass is 16.2. The van der Waals surface area contributed by atoms with E-state index in [4.69, 9.17) is 0 Å². The number of quaternary nitrogens is 2. The molecule has 2 N–H and O–H groups in total. The van der Waals surface area contributed by atoms with Gasteiger partial charge in [0.05, 0.1) is 64.4 Å². The Morgan fingerprint density at radius 3 is 1.31 bits per heavy atom. The number of unbranched alkanes of at least 4 members (excludes halogenated alkanes) is 6. The standard InChI is InChI=1S/C29H48N4O2/c1-3-28(34)30-26-22-32(18-12-24(26)13-19-32)16-10-8-6-5-7-9-11-17-33-20-14-25(15-21-33)27(23-33)31-29(35)4-2/h3-4,24-27H,1-2,5-23H2/p+2. The number of hydrogen-bond donors (Lipinski definition) is 2. The summed E-state index contributed by atoms with van der Waals surface area (Å²) in [5.41, 5.74) is 0. The van der Waals surface area contributed by atoms with Gasteiger partial charge in [-0.05, 0) is 49.7 Å². The van der Waals surface area contributed by atoms with E-state index in [9.17, 15) is 9.59 Å². The fourth-order valence-electron chi connectivity index (χ4n) is 7.79. The Morgan fingerprint density at radius 1 is 0.629 bits per heavy atom. The Morgan fingerprint density at radius 2 is 0.971 bits per heavy atom. The van der Waals surface area contributed by atoms with Crippen LogP contribution >= 0.6 is 0 Å². The third-order valence-corrected chi connectivity index (χ3v) is 9.99. The third kappa shape index (κ3) is 6.76. The second-order valence-electron chi connectivity index (χ2n) is 12.2. The number of hydrogen-bond acceptors (Lipinski definition) is 2. The molecule has 196 valence electrons. The largest absolute Gasteiger partial charge is 0.344 e. The molecule has 0 spiro atoms. The van der Waals surface area contributed by atoms with Gasteiger partial charge in [0.1, 0.15) is 0 Å². The van der Waals surface area contributed by atoms with E-state index in [0.717, 1.165) is 13.1 Å². The number of nitrogens with one attached hydrogen (secondary N) is 2. The molecule has 6 rings (SSSR count). The first-order valence-corrected chi connectivity index (χ1v) is 14.5. The minimum atomic E-state index is -0.00394. The summed E-state index contributed by atoms with van der Waals surface area (Å²) in [5, 5.41) is 6.41. The van der Waals surface area contributed by atoms with Gasteiger partial charge in [-0.1, -0.05) is 32.4 Å². The molecular weight excluding hydrogens is 436 g/mol. The van der Waals surface area contributed by atoms with Crippen molar-refractivity contribution in [2.24, 2.45) is 11.8 Å². The van der Waals surface area contributed by atoms with E-state index in [1.807, 2.05) is 0 Å². The summed E-state index contributed by atoms with van der Waals surface area (Å²) in [6, 6.07) is 0.710. The van der Waals surface area contributed by atoms with Crippen LogP contribution in [0.4, 0.5) is 0 Å². The highest BCUT2D eigenvalue weighted by molar-refractivity contribution is 5.87. The van der Waals surface area contributed by atoms with Crippen LogP contribution in [0.3, 0.4) is 0 Å². The van der Waals surface area contributed by atoms with Crippen LogP contribution in [0.25, 0.3) is 0 Å². The average molecular weight is 487 g/mol. The summed E-state index contributed by atoms with van der Waals surface area (Å²) in [4.78, 5) is 23.6. The Bertz CT molecular complexity index is 688. The van der Waals surface area contributed by atoms with Gasteiger partial charge in [0.25, 0.3) is 0 Å². The second kappa shape index (κ2) is 12.1. The van der Waals surface area contributed by atoms with Crippen LogP contribution in [0.1, 0.15) is 70.6 Å². The Labute approximate surface area is 213 Å². The molecular formula is C29H50N4O2+2. The predicted octanol–water partition coefficient (Wildman–Crippen LogP) is 3.54. The van der Waals surface area contributed by atoms with Crippen molar-refractivity contribution >= 4 is 11.8 Å². The molecule has 6 nitrogen and oxygen atoms in total. The summed E-state index contributed by atoms with van der Waals surface area (Å²) < 4.78 is 2.46. The smallest absolute Gasteiger partial charge is 0.243 e. The number of carbonyl (C=O) groups excluding carboxylic acids is 2. The number of amides is 2. The Kier molecular flexibility index (Phi) is 9.09.